The van der Waals surface area contributed by atoms with Gasteiger partial charge in [-0.1, -0.05) is 0 Å². The van der Waals surface area contributed by atoms with Crippen molar-refractivity contribution in [2.75, 3.05) is 20.3 Å². The average Bonchev–Trinajstić information content (AvgIpc) is 2.67. The van der Waals surface area contributed by atoms with Gasteiger partial charge < -0.3 is 10.1 Å². The zero-order chi connectivity index (χ0) is 11.8. The standard InChI is InChI=1S/C12H23N3O/c1-11(6-8-16-3)13-7-4-5-12-9-14-15(2)10-12/h9-11,13H,4-8H2,1-3H3. The first-order valence-electron chi connectivity index (χ1n) is 5.92. The van der Waals surface area contributed by atoms with Gasteiger partial charge in [-0.15, -0.1) is 0 Å². The molecule has 92 valence electrons. The highest BCUT2D eigenvalue weighted by atomic mass is 16.5. The molecule has 0 bridgehead atoms. The lowest BCUT2D eigenvalue weighted by Crippen LogP contribution is -2.28. The van der Waals surface area contributed by atoms with E-state index in [9.17, 15) is 0 Å². The SMILES string of the molecule is COCCC(C)NCCCc1cnn(C)c1. The molecule has 4 heteroatoms. The molecule has 1 aromatic rings. The third-order valence-electron chi connectivity index (χ3n) is 2.65. The van der Waals surface area contributed by atoms with Gasteiger partial charge in [-0.05, 0) is 38.3 Å². The molecule has 0 saturated carbocycles. The first-order valence-corrected chi connectivity index (χ1v) is 5.92. The Morgan fingerprint density at radius 3 is 3.00 bits per heavy atom. The lowest BCUT2D eigenvalue weighted by atomic mass is 10.2. The summed E-state index contributed by atoms with van der Waals surface area (Å²) in [7, 11) is 3.70. The molecule has 0 aliphatic rings. The average molecular weight is 225 g/mol. The molecule has 1 heterocycles. The molecule has 0 spiro atoms. The van der Waals surface area contributed by atoms with Gasteiger partial charge >= 0.3 is 0 Å². The van der Waals surface area contributed by atoms with Gasteiger partial charge in [0, 0.05) is 33.0 Å². The third kappa shape index (κ3) is 5.28. The minimum absolute atomic E-state index is 0.536. The Hall–Kier alpha value is -0.870. The quantitative estimate of drug-likeness (QED) is 0.679. The van der Waals surface area contributed by atoms with Crippen molar-refractivity contribution in [2.24, 2.45) is 7.05 Å². The second kappa shape index (κ2) is 7.41. The minimum Gasteiger partial charge on any atom is -0.385 e. The summed E-state index contributed by atoms with van der Waals surface area (Å²) >= 11 is 0. The number of nitrogens with one attached hydrogen (secondary N) is 1. The molecule has 4 nitrogen and oxygen atoms in total. The van der Waals surface area contributed by atoms with Gasteiger partial charge in [0.05, 0.1) is 6.20 Å². The topological polar surface area (TPSA) is 39.1 Å². The Balaban J connectivity index is 2.03. The maximum absolute atomic E-state index is 5.04. The van der Waals surface area contributed by atoms with Crippen LogP contribution >= 0.6 is 0 Å². The van der Waals surface area contributed by atoms with E-state index in [0.29, 0.717) is 6.04 Å². The minimum atomic E-state index is 0.536. The van der Waals surface area contributed by atoms with Crippen LogP contribution in [0.4, 0.5) is 0 Å². The van der Waals surface area contributed by atoms with Crippen LogP contribution in [0.25, 0.3) is 0 Å². The number of rotatable bonds is 8. The second-order valence-electron chi connectivity index (χ2n) is 4.26. The second-order valence-corrected chi connectivity index (χ2v) is 4.26. The Morgan fingerprint density at radius 2 is 2.38 bits per heavy atom. The van der Waals surface area contributed by atoms with Crippen LogP contribution in [0.2, 0.25) is 0 Å². The fourth-order valence-electron chi connectivity index (χ4n) is 1.64. The lowest BCUT2D eigenvalue weighted by Gasteiger charge is -2.12. The molecule has 16 heavy (non-hydrogen) atoms. The molecular weight excluding hydrogens is 202 g/mol. The molecule has 0 aromatic carbocycles. The first-order chi connectivity index (χ1) is 7.72. The van der Waals surface area contributed by atoms with Crippen LogP contribution in [0.3, 0.4) is 0 Å². The van der Waals surface area contributed by atoms with Crippen LogP contribution in [0.1, 0.15) is 25.3 Å². The highest BCUT2D eigenvalue weighted by Crippen LogP contribution is 2.00. The van der Waals surface area contributed by atoms with Crippen molar-refractivity contribution in [3.05, 3.63) is 18.0 Å². The van der Waals surface area contributed by atoms with Gasteiger partial charge in [-0.3, -0.25) is 4.68 Å². The number of methoxy groups -OCH3 is 1. The van der Waals surface area contributed by atoms with Gasteiger partial charge in [0.1, 0.15) is 0 Å². The van der Waals surface area contributed by atoms with E-state index in [-0.39, 0.29) is 0 Å². The summed E-state index contributed by atoms with van der Waals surface area (Å²) in [5, 5.41) is 7.64. The molecule has 0 aliphatic carbocycles. The monoisotopic (exact) mass is 225 g/mol. The summed E-state index contributed by atoms with van der Waals surface area (Å²) in [5.74, 6) is 0. The van der Waals surface area contributed by atoms with E-state index in [2.05, 4.69) is 23.5 Å². The number of aromatic nitrogens is 2. The van der Waals surface area contributed by atoms with Gasteiger partial charge in [-0.25, -0.2) is 0 Å². The highest BCUT2D eigenvalue weighted by molar-refractivity contribution is 5.03. The number of nitrogens with zero attached hydrogens (tertiary/aromatic N) is 2. The van der Waals surface area contributed by atoms with Gasteiger partial charge in [-0.2, -0.15) is 5.10 Å². The summed E-state index contributed by atoms with van der Waals surface area (Å²) < 4.78 is 6.89. The fourth-order valence-corrected chi connectivity index (χ4v) is 1.64. The first kappa shape index (κ1) is 13.2. The number of hydrogen-bond donors (Lipinski definition) is 1. The van der Waals surface area contributed by atoms with Crippen molar-refractivity contribution >= 4 is 0 Å². The van der Waals surface area contributed by atoms with Crippen LogP contribution in [-0.2, 0) is 18.2 Å². The zero-order valence-corrected chi connectivity index (χ0v) is 10.6. The predicted molar refractivity (Wildman–Crippen MR) is 65.5 cm³/mol. The molecule has 0 amide bonds. The van der Waals surface area contributed by atoms with Gasteiger partial charge in [0.15, 0.2) is 0 Å². The van der Waals surface area contributed by atoms with E-state index in [4.69, 9.17) is 4.74 Å². The van der Waals surface area contributed by atoms with E-state index < -0.39 is 0 Å². The Morgan fingerprint density at radius 1 is 1.56 bits per heavy atom. The largest absolute Gasteiger partial charge is 0.385 e. The molecule has 1 unspecified atom stereocenters. The number of aryl methyl sites for hydroxylation is 2. The molecular formula is C12H23N3O. The highest BCUT2D eigenvalue weighted by Gasteiger charge is 2.00. The molecule has 0 fully saturated rings. The molecule has 1 atom stereocenters. The summed E-state index contributed by atoms with van der Waals surface area (Å²) in [6.07, 6.45) is 7.34. The molecule has 1 N–H and O–H groups in total. The molecule has 0 aliphatic heterocycles. The molecule has 1 aromatic heterocycles. The smallest absolute Gasteiger partial charge is 0.0521 e. The van der Waals surface area contributed by atoms with E-state index >= 15 is 0 Å². The summed E-state index contributed by atoms with van der Waals surface area (Å²) in [6.45, 7) is 4.08. The predicted octanol–water partition coefficient (Wildman–Crippen LogP) is 1.37. The van der Waals surface area contributed by atoms with E-state index in [0.717, 1.165) is 32.4 Å². The summed E-state index contributed by atoms with van der Waals surface area (Å²) in [4.78, 5) is 0. The van der Waals surface area contributed by atoms with Crippen LogP contribution in [-0.4, -0.2) is 36.1 Å². The maximum Gasteiger partial charge on any atom is 0.0521 e. The van der Waals surface area contributed by atoms with Crippen LogP contribution in [0.15, 0.2) is 12.4 Å². The Kier molecular flexibility index (Phi) is 6.11. The summed E-state index contributed by atoms with van der Waals surface area (Å²) in [6, 6.07) is 0.536. The van der Waals surface area contributed by atoms with Gasteiger partial charge in [0.2, 0.25) is 0 Å². The zero-order valence-electron chi connectivity index (χ0n) is 10.6. The number of hydrogen-bond acceptors (Lipinski definition) is 3. The fraction of sp³-hybridized carbons (Fsp3) is 0.750. The van der Waals surface area contributed by atoms with Crippen LogP contribution in [0, 0.1) is 0 Å². The number of ether oxygens (including phenoxy) is 1. The van der Waals surface area contributed by atoms with Crippen molar-refractivity contribution < 1.29 is 4.74 Å². The molecule has 0 saturated heterocycles. The van der Waals surface area contributed by atoms with Crippen molar-refractivity contribution in [2.45, 2.75) is 32.2 Å². The molecule has 0 radical (unpaired) electrons. The normalized spacial score (nSPS) is 12.9. The van der Waals surface area contributed by atoms with Crippen molar-refractivity contribution in [1.29, 1.82) is 0 Å². The van der Waals surface area contributed by atoms with E-state index in [1.807, 2.05) is 17.9 Å². The molecule has 1 rings (SSSR count). The maximum atomic E-state index is 5.04. The third-order valence-corrected chi connectivity index (χ3v) is 2.65. The Bertz CT molecular complexity index is 286. The van der Waals surface area contributed by atoms with Crippen LogP contribution < -0.4 is 5.32 Å². The summed E-state index contributed by atoms with van der Waals surface area (Å²) in [5.41, 5.74) is 1.31. The van der Waals surface area contributed by atoms with Crippen molar-refractivity contribution in [3.63, 3.8) is 0 Å². The van der Waals surface area contributed by atoms with Crippen molar-refractivity contribution in [1.82, 2.24) is 15.1 Å². The van der Waals surface area contributed by atoms with E-state index in [1.54, 1.807) is 7.11 Å². The van der Waals surface area contributed by atoms with Crippen molar-refractivity contribution in [3.8, 4) is 0 Å². The van der Waals surface area contributed by atoms with Crippen LogP contribution in [0.5, 0.6) is 0 Å². The van der Waals surface area contributed by atoms with E-state index in [1.165, 1.54) is 5.56 Å². The lowest BCUT2D eigenvalue weighted by molar-refractivity contribution is 0.185. The van der Waals surface area contributed by atoms with Gasteiger partial charge in [0.25, 0.3) is 0 Å². The Labute approximate surface area is 98.0 Å².